The van der Waals surface area contributed by atoms with Gasteiger partial charge in [0.05, 0.1) is 6.61 Å². The number of phenolic OH excluding ortho intramolecular Hbond substituents is 2. The molecule has 0 amide bonds. The Kier molecular flexibility index (Phi) is 6.86. The molecule has 5 heteroatoms. The molecule has 164 valence electrons. The zero-order chi connectivity index (χ0) is 23.6. The summed E-state index contributed by atoms with van der Waals surface area (Å²) >= 11 is 0. The summed E-state index contributed by atoms with van der Waals surface area (Å²) in [6, 6.07) is 12.0. The third kappa shape index (κ3) is 5.27. The minimum absolute atomic E-state index is 0.0780. The van der Waals surface area contributed by atoms with E-state index in [-0.39, 0.29) is 34.5 Å². The van der Waals surface area contributed by atoms with E-state index in [4.69, 9.17) is 4.74 Å². The highest BCUT2D eigenvalue weighted by Crippen LogP contribution is 2.42. The summed E-state index contributed by atoms with van der Waals surface area (Å²) < 4.78 is 5.14. The summed E-state index contributed by atoms with van der Waals surface area (Å²) in [4.78, 5) is 12.7. The third-order valence-electron chi connectivity index (χ3n) is 5.01. The SMILES string of the molecule is CCOC(=O)C(C#N)=C(c1ccc(O)cc1)c1cc(C(C)(C)C)c(O)c(C(C)(C)C)c1. The van der Waals surface area contributed by atoms with Crippen LogP contribution in [0.1, 0.15) is 70.7 Å². The molecule has 0 aliphatic heterocycles. The van der Waals surface area contributed by atoms with Crippen molar-refractivity contribution in [1.82, 2.24) is 0 Å². The molecular weight excluding hydrogens is 390 g/mol. The Balaban J connectivity index is 3.00. The van der Waals surface area contributed by atoms with Crippen molar-refractivity contribution in [1.29, 1.82) is 5.26 Å². The number of carbonyl (C=O) groups excluding carboxylic acids is 1. The van der Waals surface area contributed by atoms with Gasteiger partial charge in [-0.15, -0.1) is 0 Å². The Hall–Kier alpha value is -3.26. The molecule has 2 aromatic carbocycles. The van der Waals surface area contributed by atoms with Crippen molar-refractivity contribution in [3.05, 3.63) is 64.2 Å². The number of aromatic hydroxyl groups is 2. The normalized spacial score (nSPS) is 12.7. The van der Waals surface area contributed by atoms with E-state index in [0.717, 1.165) is 0 Å². The first-order valence-corrected chi connectivity index (χ1v) is 10.3. The maximum absolute atomic E-state index is 12.7. The van der Waals surface area contributed by atoms with Crippen LogP contribution in [0.4, 0.5) is 0 Å². The number of nitriles is 1. The summed E-state index contributed by atoms with van der Waals surface area (Å²) in [7, 11) is 0. The molecular formula is C26H31NO4. The lowest BCUT2D eigenvalue weighted by Gasteiger charge is -2.29. The fraction of sp³-hybridized carbons (Fsp3) is 0.385. The van der Waals surface area contributed by atoms with E-state index >= 15 is 0 Å². The van der Waals surface area contributed by atoms with Crippen LogP contribution in [0.3, 0.4) is 0 Å². The lowest BCUT2D eigenvalue weighted by atomic mass is 9.77. The summed E-state index contributed by atoms with van der Waals surface area (Å²) in [6.07, 6.45) is 0. The van der Waals surface area contributed by atoms with Gasteiger partial charge in [-0.25, -0.2) is 4.79 Å². The molecule has 0 aromatic heterocycles. The van der Waals surface area contributed by atoms with Gasteiger partial charge < -0.3 is 14.9 Å². The lowest BCUT2D eigenvalue weighted by molar-refractivity contribution is -0.137. The molecule has 2 aromatic rings. The molecule has 0 bridgehead atoms. The molecule has 5 nitrogen and oxygen atoms in total. The Morgan fingerprint density at radius 3 is 1.81 bits per heavy atom. The Morgan fingerprint density at radius 1 is 0.935 bits per heavy atom. The predicted octanol–water partition coefficient (Wildman–Crippen LogP) is 5.58. The zero-order valence-electron chi connectivity index (χ0n) is 19.3. The van der Waals surface area contributed by atoms with Gasteiger partial charge in [0, 0.05) is 16.7 Å². The van der Waals surface area contributed by atoms with Gasteiger partial charge in [0.1, 0.15) is 23.1 Å². The van der Waals surface area contributed by atoms with Crippen LogP contribution in [-0.2, 0) is 20.4 Å². The second kappa shape index (κ2) is 8.85. The van der Waals surface area contributed by atoms with Crippen molar-refractivity contribution in [2.45, 2.75) is 59.3 Å². The highest BCUT2D eigenvalue weighted by Gasteiger charge is 2.29. The molecule has 0 spiro atoms. The number of carbonyl (C=O) groups is 1. The number of rotatable bonds is 4. The smallest absolute Gasteiger partial charge is 0.349 e. The fourth-order valence-corrected chi connectivity index (χ4v) is 3.41. The zero-order valence-corrected chi connectivity index (χ0v) is 19.3. The largest absolute Gasteiger partial charge is 0.508 e. The Bertz CT molecular complexity index is 1010. The first-order chi connectivity index (χ1) is 14.3. The van der Waals surface area contributed by atoms with Crippen LogP contribution in [0, 0.1) is 11.3 Å². The third-order valence-corrected chi connectivity index (χ3v) is 5.01. The van der Waals surface area contributed by atoms with Crippen molar-refractivity contribution in [3.8, 4) is 17.6 Å². The Labute approximate surface area is 184 Å². The van der Waals surface area contributed by atoms with Gasteiger partial charge >= 0.3 is 5.97 Å². The van der Waals surface area contributed by atoms with E-state index in [1.807, 2.05) is 59.7 Å². The van der Waals surface area contributed by atoms with E-state index in [0.29, 0.717) is 27.8 Å². The summed E-state index contributed by atoms with van der Waals surface area (Å²) in [5.74, 6) is -0.423. The van der Waals surface area contributed by atoms with E-state index in [1.165, 1.54) is 12.1 Å². The van der Waals surface area contributed by atoms with Crippen molar-refractivity contribution in [2.24, 2.45) is 0 Å². The average Bonchev–Trinajstić information content (AvgIpc) is 2.65. The molecule has 2 rings (SSSR count). The van der Waals surface area contributed by atoms with E-state index in [9.17, 15) is 20.3 Å². The number of nitrogens with zero attached hydrogens (tertiary/aromatic N) is 1. The summed E-state index contributed by atoms with van der Waals surface area (Å²) in [5, 5.41) is 30.7. The van der Waals surface area contributed by atoms with E-state index < -0.39 is 5.97 Å². The molecule has 0 saturated carbocycles. The molecule has 0 aliphatic rings. The molecule has 0 unspecified atom stereocenters. The van der Waals surface area contributed by atoms with Crippen molar-refractivity contribution >= 4 is 11.5 Å². The van der Waals surface area contributed by atoms with Gasteiger partial charge in [-0.2, -0.15) is 5.26 Å². The van der Waals surface area contributed by atoms with Crippen LogP contribution in [0.25, 0.3) is 5.57 Å². The van der Waals surface area contributed by atoms with Crippen LogP contribution in [-0.4, -0.2) is 22.8 Å². The lowest BCUT2D eigenvalue weighted by Crippen LogP contribution is -2.18. The maximum atomic E-state index is 12.7. The van der Waals surface area contributed by atoms with Crippen LogP contribution in [0.5, 0.6) is 11.5 Å². The van der Waals surface area contributed by atoms with Crippen LogP contribution in [0.15, 0.2) is 42.0 Å². The molecule has 0 fully saturated rings. The van der Waals surface area contributed by atoms with Gasteiger partial charge in [0.25, 0.3) is 0 Å². The van der Waals surface area contributed by atoms with Crippen molar-refractivity contribution in [3.63, 3.8) is 0 Å². The maximum Gasteiger partial charge on any atom is 0.349 e. The molecule has 2 N–H and O–H groups in total. The number of benzene rings is 2. The van der Waals surface area contributed by atoms with Crippen LogP contribution >= 0.6 is 0 Å². The number of esters is 1. The van der Waals surface area contributed by atoms with Crippen molar-refractivity contribution < 1.29 is 19.7 Å². The molecule has 0 heterocycles. The predicted molar refractivity (Wildman–Crippen MR) is 122 cm³/mol. The van der Waals surface area contributed by atoms with Crippen LogP contribution in [0.2, 0.25) is 0 Å². The highest BCUT2D eigenvalue weighted by atomic mass is 16.5. The summed E-state index contributed by atoms with van der Waals surface area (Å²) in [6.45, 7) is 13.8. The standard InChI is InChI=1S/C26H31NO4/c1-8-31-24(30)19(15-27)22(16-9-11-18(28)12-10-16)17-13-20(25(2,3)4)23(29)21(14-17)26(5,6)7/h9-14,28-29H,8H2,1-7H3. The minimum Gasteiger partial charge on any atom is -0.508 e. The van der Waals surface area contributed by atoms with Gasteiger partial charge in [-0.3, -0.25) is 0 Å². The quantitative estimate of drug-likeness (QED) is 0.382. The number of ether oxygens (including phenoxy) is 1. The minimum atomic E-state index is -0.712. The van der Waals surface area contributed by atoms with Crippen molar-refractivity contribution in [2.75, 3.05) is 6.61 Å². The number of hydrogen-bond acceptors (Lipinski definition) is 5. The van der Waals surface area contributed by atoms with Gasteiger partial charge in [0.2, 0.25) is 0 Å². The molecule has 31 heavy (non-hydrogen) atoms. The van der Waals surface area contributed by atoms with Gasteiger partial charge in [0.15, 0.2) is 0 Å². The fourth-order valence-electron chi connectivity index (χ4n) is 3.41. The molecule has 0 saturated heterocycles. The Morgan fingerprint density at radius 2 is 1.42 bits per heavy atom. The van der Waals surface area contributed by atoms with Gasteiger partial charge in [-0.05, 0) is 53.1 Å². The molecule has 0 radical (unpaired) electrons. The number of phenols is 2. The summed E-state index contributed by atoms with van der Waals surface area (Å²) in [5.41, 5.74) is 2.17. The second-order valence-electron chi connectivity index (χ2n) is 9.55. The van der Waals surface area contributed by atoms with E-state index in [1.54, 1.807) is 19.1 Å². The molecule has 0 aliphatic carbocycles. The number of hydrogen-bond donors (Lipinski definition) is 2. The molecule has 0 atom stereocenters. The van der Waals surface area contributed by atoms with E-state index in [2.05, 4.69) is 0 Å². The average molecular weight is 422 g/mol. The van der Waals surface area contributed by atoms with Crippen LogP contribution < -0.4 is 0 Å². The second-order valence-corrected chi connectivity index (χ2v) is 9.55. The first-order valence-electron chi connectivity index (χ1n) is 10.3. The first kappa shape index (κ1) is 24.0. The monoisotopic (exact) mass is 421 g/mol. The van der Waals surface area contributed by atoms with Gasteiger partial charge in [-0.1, -0.05) is 53.7 Å². The topological polar surface area (TPSA) is 90.6 Å². The highest BCUT2D eigenvalue weighted by molar-refractivity contribution is 6.05.